The van der Waals surface area contributed by atoms with Crippen LogP contribution in [0.4, 0.5) is 5.82 Å². The Hall–Kier alpha value is -0.640. The maximum absolute atomic E-state index is 5.84. The first-order valence-electron chi connectivity index (χ1n) is 5.23. The Balaban J connectivity index is 3.11. The van der Waals surface area contributed by atoms with Crippen LogP contribution in [0.2, 0.25) is 0 Å². The van der Waals surface area contributed by atoms with E-state index in [4.69, 9.17) is 5.73 Å². The summed E-state index contributed by atoms with van der Waals surface area (Å²) >= 11 is 3.43. The average Bonchev–Trinajstić information content (AvgIpc) is 2.09. The molecule has 3 nitrogen and oxygen atoms in total. The lowest BCUT2D eigenvalue weighted by Crippen LogP contribution is -2.08. The number of rotatable bonds is 3. The molecule has 0 spiro atoms. The minimum absolute atomic E-state index is 0.357. The molecule has 0 saturated carbocycles. The first-order valence-corrected chi connectivity index (χ1v) is 6.02. The maximum Gasteiger partial charge on any atom is 0.141 e. The zero-order chi connectivity index (χ0) is 11.6. The van der Waals surface area contributed by atoms with Crippen LogP contribution in [-0.4, -0.2) is 9.97 Å². The van der Waals surface area contributed by atoms with E-state index in [2.05, 4.69) is 53.6 Å². The molecule has 0 amide bonds. The summed E-state index contributed by atoms with van der Waals surface area (Å²) in [6.07, 6.45) is 0.872. The third-order valence-corrected chi connectivity index (χ3v) is 2.90. The number of anilines is 1. The Morgan fingerprint density at radius 1 is 1.20 bits per heavy atom. The molecule has 2 N–H and O–H groups in total. The largest absolute Gasteiger partial charge is 0.383 e. The second-order valence-electron chi connectivity index (χ2n) is 4.48. The Kier molecular flexibility index (Phi) is 4.08. The van der Waals surface area contributed by atoms with Gasteiger partial charge >= 0.3 is 0 Å². The molecule has 4 heteroatoms. The van der Waals surface area contributed by atoms with Crippen LogP contribution in [0.5, 0.6) is 0 Å². The van der Waals surface area contributed by atoms with Crippen molar-refractivity contribution in [3.63, 3.8) is 0 Å². The Labute approximate surface area is 99.6 Å². The minimum atomic E-state index is 0.357. The summed E-state index contributed by atoms with van der Waals surface area (Å²) in [6.45, 7) is 8.50. The third-order valence-electron chi connectivity index (χ3n) is 2.09. The van der Waals surface area contributed by atoms with Gasteiger partial charge in [0.2, 0.25) is 0 Å². The topological polar surface area (TPSA) is 51.8 Å². The predicted octanol–water partition coefficient (Wildman–Crippen LogP) is 3.14. The van der Waals surface area contributed by atoms with E-state index in [0.29, 0.717) is 17.7 Å². The summed E-state index contributed by atoms with van der Waals surface area (Å²) in [6, 6.07) is 0. The van der Waals surface area contributed by atoms with E-state index in [9.17, 15) is 0 Å². The van der Waals surface area contributed by atoms with E-state index in [-0.39, 0.29) is 0 Å². The smallest absolute Gasteiger partial charge is 0.141 e. The van der Waals surface area contributed by atoms with Crippen molar-refractivity contribution < 1.29 is 0 Å². The second kappa shape index (κ2) is 4.92. The molecule has 84 valence electrons. The zero-order valence-electron chi connectivity index (χ0n) is 9.71. The SMILES string of the molecule is CC(C)Cc1nc(N)c(Br)c(C(C)C)n1. The van der Waals surface area contributed by atoms with Gasteiger partial charge in [-0.15, -0.1) is 0 Å². The van der Waals surface area contributed by atoms with E-state index in [1.165, 1.54) is 0 Å². The molecule has 1 aromatic heterocycles. The molecule has 0 fully saturated rings. The van der Waals surface area contributed by atoms with Gasteiger partial charge in [-0.1, -0.05) is 27.7 Å². The molecular formula is C11H18BrN3. The first kappa shape index (κ1) is 12.4. The van der Waals surface area contributed by atoms with Crippen LogP contribution < -0.4 is 5.73 Å². The van der Waals surface area contributed by atoms with E-state index in [1.807, 2.05) is 0 Å². The Morgan fingerprint density at radius 3 is 2.27 bits per heavy atom. The van der Waals surface area contributed by atoms with Gasteiger partial charge in [0.15, 0.2) is 0 Å². The summed E-state index contributed by atoms with van der Waals surface area (Å²) in [5, 5.41) is 0. The van der Waals surface area contributed by atoms with Crippen molar-refractivity contribution in [1.82, 2.24) is 9.97 Å². The minimum Gasteiger partial charge on any atom is -0.383 e. The van der Waals surface area contributed by atoms with Crippen molar-refractivity contribution in [2.24, 2.45) is 5.92 Å². The maximum atomic E-state index is 5.84. The van der Waals surface area contributed by atoms with Gasteiger partial charge in [-0.2, -0.15) is 0 Å². The van der Waals surface area contributed by atoms with Crippen LogP contribution in [0.3, 0.4) is 0 Å². The predicted molar refractivity (Wildman–Crippen MR) is 66.8 cm³/mol. The van der Waals surface area contributed by atoms with Crippen molar-refractivity contribution in [2.75, 3.05) is 5.73 Å². The van der Waals surface area contributed by atoms with Crippen molar-refractivity contribution in [3.8, 4) is 0 Å². The number of hydrogen-bond acceptors (Lipinski definition) is 3. The highest BCUT2D eigenvalue weighted by molar-refractivity contribution is 9.10. The lowest BCUT2D eigenvalue weighted by atomic mass is 10.1. The number of aromatic nitrogens is 2. The number of nitrogens with zero attached hydrogens (tertiary/aromatic N) is 2. The van der Waals surface area contributed by atoms with Crippen molar-refractivity contribution >= 4 is 21.7 Å². The van der Waals surface area contributed by atoms with Crippen LogP contribution >= 0.6 is 15.9 Å². The van der Waals surface area contributed by atoms with Crippen molar-refractivity contribution in [3.05, 3.63) is 16.0 Å². The summed E-state index contributed by atoms with van der Waals surface area (Å²) in [4.78, 5) is 8.81. The molecule has 0 aliphatic heterocycles. The van der Waals surface area contributed by atoms with Gasteiger partial charge in [-0.3, -0.25) is 0 Å². The van der Waals surface area contributed by atoms with Crippen LogP contribution in [0.25, 0.3) is 0 Å². The zero-order valence-corrected chi connectivity index (χ0v) is 11.3. The van der Waals surface area contributed by atoms with Crippen LogP contribution in [0.15, 0.2) is 4.47 Å². The Morgan fingerprint density at radius 2 is 1.80 bits per heavy atom. The third kappa shape index (κ3) is 3.16. The van der Waals surface area contributed by atoms with Gasteiger partial charge in [0.05, 0.1) is 10.2 Å². The summed E-state index contributed by atoms with van der Waals surface area (Å²) < 4.78 is 0.838. The lowest BCUT2D eigenvalue weighted by molar-refractivity contribution is 0.614. The van der Waals surface area contributed by atoms with E-state index < -0.39 is 0 Å². The number of nitrogen functional groups attached to an aromatic ring is 1. The molecule has 0 aliphatic rings. The van der Waals surface area contributed by atoms with Crippen molar-refractivity contribution in [2.45, 2.75) is 40.0 Å². The summed E-state index contributed by atoms with van der Waals surface area (Å²) in [5.41, 5.74) is 6.84. The first-order chi connectivity index (χ1) is 6.91. The fourth-order valence-electron chi connectivity index (χ4n) is 1.37. The molecule has 1 heterocycles. The van der Waals surface area contributed by atoms with Gasteiger partial charge in [0.25, 0.3) is 0 Å². The van der Waals surface area contributed by atoms with Gasteiger partial charge in [0.1, 0.15) is 11.6 Å². The van der Waals surface area contributed by atoms with Gasteiger partial charge < -0.3 is 5.73 Å². The van der Waals surface area contributed by atoms with Crippen LogP contribution in [-0.2, 0) is 6.42 Å². The van der Waals surface area contributed by atoms with E-state index in [1.54, 1.807) is 0 Å². The van der Waals surface area contributed by atoms with Crippen LogP contribution in [0.1, 0.15) is 45.1 Å². The molecule has 1 aromatic rings. The molecule has 1 rings (SSSR count). The lowest BCUT2D eigenvalue weighted by Gasteiger charge is -2.12. The molecule has 0 unspecified atom stereocenters. The monoisotopic (exact) mass is 271 g/mol. The highest BCUT2D eigenvalue weighted by atomic mass is 79.9. The van der Waals surface area contributed by atoms with Gasteiger partial charge in [-0.05, 0) is 27.8 Å². The fraction of sp³-hybridized carbons (Fsp3) is 0.636. The van der Waals surface area contributed by atoms with E-state index in [0.717, 1.165) is 22.4 Å². The van der Waals surface area contributed by atoms with E-state index >= 15 is 0 Å². The molecule has 0 saturated heterocycles. The second-order valence-corrected chi connectivity index (χ2v) is 5.27. The highest BCUT2D eigenvalue weighted by Crippen LogP contribution is 2.27. The van der Waals surface area contributed by atoms with Crippen LogP contribution in [0, 0.1) is 5.92 Å². The summed E-state index contributed by atoms with van der Waals surface area (Å²) in [7, 11) is 0. The molecule has 0 radical (unpaired) electrons. The summed E-state index contributed by atoms with van der Waals surface area (Å²) in [5.74, 6) is 2.29. The average molecular weight is 272 g/mol. The molecule has 0 aliphatic carbocycles. The molecule has 0 atom stereocenters. The molecule has 0 bridgehead atoms. The van der Waals surface area contributed by atoms with Crippen molar-refractivity contribution in [1.29, 1.82) is 0 Å². The molecular weight excluding hydrogens is 254 g/mol. The Bertz CT molecular complexity index is 348. The molecule has 0 aromatic carbocycles. The fourth-order valence-corrected chi connectivity index (χ4v) is 2.01. The number of halogens is 1. The highest BCUT2D eigenvalue weighted by Gasteiger charge is 2.13. The van der Waals surface area contributed by atoms with Gasteiger partial charge in [0, 0.05) is 6.42 Å². The standard InChI is InChI=1S/C11H18BrN3/c1-6(2)5-8-14-10(7(3)4)9(12)11(13)15-8/h6-7H,5H2,1-4H3,(H2,13,14,15). The quantitative estimate of drug-likeness (QED) is 0.919. The molecule has 15 heavy (non-hydrogen) atoms. The number of hydrogen-bond donors (Lipinski definition) is 1. The number of nitrogens with two attached hydrogens (primary N) is 1. The van der Waals surface area contributed by atoms with Gasteiger partial charge in [-0.25, -0.2) is 9.97 Å². The normalized spacial score (nSPS) is 11.4.